The van der Waals surface area contributed by atoms with E-state index >= 15 is 0 Å². The number of rotatable bonds is 13. The van der Waals surface area contributed by atoms with Crippen molar-refractivity contribution in [3.8, 4) is 0 Å². The van der Waals surface area contributed by atoms with Gasteiger partial charge in [-0.25, -0.2) is 4.79 Å². The van der Waals surface area contributed by atoms with Crippen molar-refractivity contribution in [3.05, 3.63) is 22.4 Å². The number of nitrogens with one attached hydrogen (secondary N) is 3. The fourth-order valence-electron chi connectivity index (χ4n) is 7.99. The van der Waals surface area contributed by atoms with E-state index in [0.717, 1.165) is 37.7 Å². The number of hydrogen-bond donors (Lipinski definition) is 4. The highest BCUT2D eigenvalue weighted by Gasteiger charge is 2.69. The summed E-state index contributed by atoms with van der Waals surface area (Å²) in [6.45, 7) is 10.5. The van der Waals surface area contributed by atoms with Crippen molar-refractivity contribution in [1.29, 1.82) is 0 Å². The Morgan fingerprint density at radius 3 is 2.32 bits per heavy atom. The molecule has 3 saturated carbocycles. The third-order valence-corrected chi connectivity index (χ3v) is 11.8. The number of amides is 5. The number of piperidine rings is 1. The van der Waals surface area contributed by atoms with Crippen LogP contribution in [0, 0.1) is 34.5 Å². The number of carbonyl (C=O) groups is 6. The Labute approximate surface area is 281 Å². The Kier molecular flexibility index (Phi) is 9.93. The topological polar surface area (TPSA) is 168 Å². The number of nitrogens with zero attached hydrogens (tertiary/aromatic N) is 1. The maximum absolute atomic E-state index is 14.4. The van der Waals surface area contributed by atoms with Crippen LogP contribution in [0.25, 0.3) is 0 Å². The van der Waals surface area contributed by atoms with Gasteiger partial charge in [0.1, 0.15) is 11.6 Å². The van der Waals surface area contributed by atoms with Gasteiger partial charge >= 0.3 is 6.03 Å². The number of fused-ring (bicyclic) bond motifs is 1. The molecule has 3 aliphatic carbocycles. The van der Waals surface area contributed by atoms with Crippen LogP contribution in [0.5, 0.6) is 0 Å². The molecule has 5 amide bonds. The van der Waals surface area contributed by atoms with E-state index in [0.29, 0.717) is 38.3 Å². The molecule has 5 N–H and O–H groups in total. The minimum absolute atomic E-state index is 0.0731. The summed E-state index contributed by atoms with van der Waals surface area (Å²) < 4.78 is 0. The van der Waals surface area contributed by atoms with Gasteiger partial charge in [0.25, 0.3) is 5.91 Å². The van der Waals surface area contributed by atoms with Gasteiger partial charge in [-0.15, -0.1) is 0 Å². The quantitative estimate of drug-likeness (QED) is 0.234. The molecule has 2 heterocycles. The molecular weight excluding hydrogens is 618 g/mol. The zero-order chi connectivity index (χ0) is 34.3. The predicted molar refractivity (Wildman–Crippen MR) is 178 cm³/mol. The first-order valence-corrected chi connectivity index (χ1v) is 18.0. The highest BCUT2D eigenvalue weighted by atomic mass is 32.1. The third kappa shape index (κ3) is 7.57. The van der Waals surface area contributed by atoms with Gasteiger partial charge < -0.3 is 26.6 Å². The molecule has 1 aromatic heterocycles. The maximum atomic E-state index is 14.4. The number of ketones is 2. The summed E-state index contributed by atoms with van der Waals surface area (Å²) in [5.74, 6) is -3.05. The molecular formula is C35H51N5O6S. The van der Waals surface area contributed by atoms with Crippen molar-refractivity contribution >= 4 is 46.7 Å². The number of primary amides is 1. The van der Waals surface area contributed by atoms with Gasteiger partial charge in [-0.05, 0) is 70.2 Å². The van der Waals surface area contributed by atoms with Crippen molar-refractivity contribution < 1.29 is 28.8 Å². The third-order valence-electron chi connectivity index (χ3n) is 11.1. The first kappa shape index (κ1) is 35.0. The Balaban J connectivity index is 1.32. The average molecular weight is 670 g/mol. The first-order chi connectivity index (χ1) is 22.0. The van der Waals surface area contributed by atoms with E-state index in [-0.39, 0.29) is 41.3 Å². The van der Waals surface area contributed by atoms with E-state index < -0.39 is 46.7 Å². The van der Waals surface area contributed by atoms with Crippen molar-refractivity contribution in [1.82, 2.24) is 20.9 Å². The highest BCUT2D eigenvalue weighted by Crippen LogP contribution is 2.65. The number of urea groups is 1. The lowest BCUT2D eigenvalue weighted by atomic mass is 9.80. The molecule has 5 atom stereocenters. The van der Waals surface area contributed by atoms with Crippen LogP contribution in [0.2, 0.25) is 0 Å². The summed E-state index contributed by atoms with van der Waals surface area (Å²) in [4.78, 5) is 81.7. The molecule has 5 rings (SSSR count). The summed E-state index contributed by atoms with van der Waals surface area (Å²) in [6.07, 6.45) is 5.79. The van der Waals surface area contributed by atoms with E-state index in [1.165, 1.54) is 0 Å². The second-order valence-corrected chi connectivity index (χ2v) is 16.8. The lowest BCUT2D eigenvalue weighted by Crippen LogP contribution is -2.65. The molecule has 1 aromatic rings. The molecule has 1 saturated heterocycles. The van der Waals surface area contributed by atoms with Gasteiger partial charge in [-0.3, -0.25) is 24.0 Å². The molecule has 11 nitrogen and oxygen atoms in total. The molecule has 4 fully saturated rings. The molecule has 0 radical (unpaired) electrons. The standard InChI is InChI=1S/C35H51N5O6S/c1-33(2,3)28(38-32(46)39-35(12-7-6-8-13-35)31(45)37-17-21-11-14-47-19-21)30(44)40-18-23-25(34(23,4)5)26(40)24(41)16-22(15-20-9-10-20)27(42)29(36)43/h11,14,19-20,22-23,25-26,28H,6-10,12-13,15-18H2,1-5H3,(H2,36,43)(H,37,45)(H2,38,39,46)/t22?,23-,25-,26+,28+/m0/s1. The van der Waals surface area contributed by atoms with Gasteiger partial charge in [0.15, 0.2) is 5.78 Å². The molecule has 1 aliphatic heterocycles. The number of Topliss-reactive ketones (excluding diaryl/α,β-unsaturated/α-hetero) is 2. The van der Waals surface area contributed by atoms with Crippen LogP contribution in [-0.4, -0.2) is 64.4 Å². The molecule has 258 valence electrons. The SMILES string of the molecule is CC(C)(C)[C@H](NC(=O)NC1(C(=O)NCc2ccsc2)CCCCC1)C(=O)N1C[C@H]2[C@@H]([C@H]1C(=O)CC(CC1CC1)C(=O)C(N)=O)C2(C)C. The molecule has 47 heavy (non-hydrogen) atoms. The fraction of sp³-hybridized carbons (Fsp3) is 0.714. The minimum Gasteiger partial charge on any atom is -0.363 e. The minimum atomic E-state index is -1.09. The van der Waals surface area contributed by atoms with Crippen LogP contribution >= 0.6 is 11.3 Å². The van der Waals surface area contributed by atoms with Gasteiger partial charge in [0, 0.05) is 25.4 Å². The van der Waals surface area contributed by atoms with E-state index in [2.05, 4.69) is 29.8 Å². The van der Waals surface area contributed by atoms with Gasteiger partial charge in [0.05, 0.1) is 6.04 Å². The van der Waals surface area contributed by atoms with Crippen molar-refractivity contribution in [3.63, 3.8) is 0 Å². The van der Waals surface area contributed by atoms with Crippen LogP contribution in [0.4, 0.5) is 4.79 Å². The van der Waals surface area contributed by atoms with Crippen molar-refractivity contribution in [2.45, 2.75) is 117 Å². The lowest BCUT2D eigenvalue weighted by molar-refractivity contribution is -0.144. The monoisotopic (exact) mass is 669 g/mol. The Morgan fingerprint density at radius 2 is 1.74 bits per heavy atom. The summed E-state index contributed by atoms with van der Waals surface area (Å²) >= 11 is 1.55. The predicted octanol–water partition coefficient (Wildman–Crippen LogP) is 3.69. The lowest BCUT2D eigenvalue weighted by Gasteiger charge is -2.40. The summed E-state index contributed by atoms with van der Waals surface area (Å²) in [7, 11) is 0. The summed E-state index contributed by atoms with van der Waals surface area (Å²) in [5, 5.41) is 12.8. The Hall–Kier alpha value is -3.28. The second-order valence-electron chi connectivity index (χ2n) is 16.0. The van der Waals surface area contributed by atoms with E-state index in [9.17, 15) is 28.8 Å². The van der Waals surface area contributed by atoms with E-state index in [1.54, 1.807) is 16.2 Å². The number of hydrogen-bond acceptors (Lipinski definition) is 7. The molecule has 12 heteroatoms. The molecule has 4 aliphatic rings. The van der Waals surface area contributed by atoms with Gasteiger partial charge in [0.2, 0.25) is 17.6 Å². The second kappa shape index (κ2) is 13.3. The first-order valence-electron chi connectivity index (χ1n) is 17.1. The molecule has 0 bridgehead atoms. The highest BCUT2D eigenvalue weighted by molar-refractivity contribution is 7.07. The van der Waals surface area contributed by atoms with Crippen LogP contribution in [0.3, 0.4) is 0 Å². The van der Waals surface area contributed by atoms with Crippen molar-refractivity contribution in [2.75, 3.05) is 6.54 Å². The maximum Gasteiger partial charge on any atom is 0.316 e. The summed E-state index contributed by atoms with van der Waals surface area (Å²) in [5.41, 5.74) is 4.38. The van der Waals surface area contributed by atoms with E-state index in [4.69, 9.17) is 5.73 Å². The Morgan fingerprint density at radius 1 is 1.06 bits per heavy atom. The number of nitrogens with two attached hydrogens (primary N) is 1. The largest absolute Gasteiger partial charge is 0.363 e. The van der Waals surface area contributed by atoms with Gasteiger partial charge in [-0.1, -0.05) is 66.7 Å². The number of thiophene rings is 1. The Bertz CT molecular complexity index is 1390. The zero-order valence-electron chi connectivity index (χ0n) is 28.4. The van der Waals surface area contributed by atoms with E-state index in [1.807, 2.05) is 37.6 Å². The van der Waals surface area contributed by atoms with Crippen LogP contribution in [0.15, 0.2) is 16.8 Å². The molecule has 1 unspecified atom stereocenters. The van der Waals surface area contributed by atoms with Crippen LogP contribution < -0.4 is 21.7 Å². The normalized spacial score (nSPS) is 25.6. The van der Waals surface area contributed by atoms with Gasteiger partial charge in [-0.2, -0.15) is 11.3 Å². The smallest absolute Gasteiger partial charge is 0.316 e. The summed E-state index contributed by atoms with van der Waals surface area (Å²) in [6, 6.07) is -0.396. The zero-order valence-corrected chi connectivity index (χ0v) is 29.2. The number of carbonyl (C=O) groups excluding carboxylic acids is 6. The van der Waals surface area contributed by atoms with Crippen LogP contribution in [-0.2, 0) is 30.5 Å². The molecule has 0 aromatic carbocycles. The van der Waals surface area contributed by atoms with Crippen LogP contribution in [0.1, 0.15) is 98.0 Å². The van der Waals surface area contributed by atoms with Crippen molar-refractivity contribution in [2.24, 2.45) is 40.2 Å². The average Bonchev–Trinajstić information content (AvgIpc) is 3.71. The fourth-order valence-corrected chi connectivity index (χ4v) is 8.66. The molecule has 0 spiro atoms. The number of likely N-dealkylation sites (tertiary alicyclic amines) is 1.